The van der Waals surface area contributed by atoms with Crippen LogP contribution in [0.4, 0.5) is 4.79 Å². The Hall–Kier alpha value is -0.380. The van der Waals surface area contributed by atoms with Crippen LogP contribution < -0.4 is 4.72 Å². The summed E-state index contributed by atoms with van der Waals surface area (Å²) in [7, 11) is 0. The maximum atomic E-state index is 10.9. The van der Waals surface area contributed by atoms with Crippen LogP contribution in [0.25, 0.3) is 0 Å². The third-order valence-corrected chi connectivity index (χ3v) is 3.25. The molecule has 0 aromatic rings. The zero-order chi connectivity index (χ0) is 12.8. The Morgan fingerprint density at radius 2 is 1.59 bits per heavy atom. The number of ether oxygens (including phenoxy) is 1. The molecule has 1 amide bonds. The number of hydrogen-bond acceptors (Lipinski definition) is 3. The standard InChI is InChI=1S/C13H26NO2S/c1-3-5-6-7-8-9-10-11-12-17-14-13(15)16-4-2/h3-12H2,1-2H3. The second kappa shape index (κ2) is 13.7. The molecule has 0 aliphatic carbocycles. The van der Waals surface area contributed by atoms with Gasteiger partial charge in [0.05, 0.1) is 6.61 Å². The molecular weight excluding hydrogens is 234 g/mol. The Balaban J connectivity index is 3.01. The maximum absolute atomic E-state index is 10.9. The molecule has 0 saturated heterocycles. The number of rotatable bonds is 11. The number of amides is 1. The highest BCUT2D eigenvalue weighted by Crippen LogP contribution is 2.10. The van der Waals surface area contributed by atoms with E-state index in [4.69, 9.17) is 4.74 Å². The molecule has 0 saturated carbocycles. The van der Waals surface area contributed by atoms with Crippen LogP contribution in [0.15, 0.2) is 0 Å². The van der Waals surface area contributed by atoms with Crippen molar-refractivity contribution in [2.75, 3.05) is 12.4 Å². The molecule has 0 heterocycles. The van der Waals surface area contributed by atoms with E-state index in [-0.39, 0.29) is 0 Å². The van der Waals surface area contributed by atoms with E-state index in [9.17, 15) is 4.79 Å². The number of carbonyl (C=O) groups is 1. The van der Waals surface area contributed by atoms with E-state index >= 15 is 0 Å². The molecule has 0 rings (SSSR count). The first-order valence-corrected chi connectivity index (χ1v) is 7.75. The van der Waals surface area contributed by atoms with Crippen molar-refractivity contribution in [3.63, 3.8) is 0 Å². The van der Waals surface area contributed by atoms with Gasteiger partial charge in [-0.1, -0.05) is 51.9 Å². The van der Waals surface area contributed by atoms with Crippen molar-refractivity contribution >= 4 is 18.0 Å². The van der Waals surface area contributed by atoms with E-state index in [0.29, 0.717) is 6.61 Å². The topological polar surface area (TPSA) is 40.4 Å². The highest BCUT2D eigenvalue weighted by atomic mass is 32.2. The molecule has 0 unspecified atom stereocenters. The van der Waals surface area contributed by atoms with E-state index in [1.54, 1.807) is 6.92 Å². The first kappa shape index (κ1) is 16.6. The summed E-state index contributed by atoms with van der Waals surface area (Å²) in [6, 6.07) is 0. The van der Waals surface area contributed by atoms with Gasteiger partial charge >= 0.3 is 6.09 Å². The first-order valence-electron chi connectivity index (χ1n) is 6.81. The van der Waals surface area contributed by atoms with E-state index in [0.717, 1.165) is 12.2 Å². The molecule has 0 aromatic carbocycles. The fraction of sp³-hybridized carbons (Fsp3) is 0.923. The largest absolute Gasteiger partial charge is 0.448 e. The summed E-state index contributed by atoms with van der Waals surface area (Å²) in [5, 5.41) is 0. The molecule has 101 valence electrons. The van der Waals surface area contributed by atoms with Gasteiger partial charge in [0.2, 0.25) is 0 Å². The van der Waals surface area contributed by atoms with Crippen molar-refractivity contribution in [1.29, 1.82) is 0 Å². The summed E-state index contributed by atoms with van der Waals surface area (Å²) in [4.78, 5) is 10.9. The maximum Gasteiger partial charge on any atom is 0.440 e. The predicted molar refractivity (Wildman–Crippen MR) is 74.2 cm³/mol. The highest BCUT2D eigenvalue weighted by molar-refractivity contribution is 7.97. The van der Waals surface area contributed by atoms with Gasteiger partial charge in [-0.15, -0.1) is 4.72 Å². The van der Waals surface area contributed by atoms with Crippen molar-refractivity contribution < 1.29 is 9.53 Å². The lowest BCUT2D eigenvalue weighted by molar-refractivity contribution is 0.159. The molecule has 4 heteroatoms. The average molecular weight is 260 g/mol. The molecule has 3 nitrogen and oxygen atoms in total. The minimum absolute atomic E-state index is 0.403. The van der Waals surface area contributed by atoms with Crippen LogP contribution in [0.1, 0.15) is 65.2 Å². The van der Waals surface area contributed by atoms with E-state index in [1.807, 2.05) is 0 Å². The summed E-state index contributed by atoms with van der Waals surface area (Å²) in [5.41, 5.74) is 0. The monoisotopic (exact) mass is 260 g/mol. The summed E-state index contributed by atoms with van der Waals surface area (Å²) in [6.07, 6.45) is 10.0. The van der Waals surface area contributed by atoms with Crippen LogP contribution in [0.3, 0.4) is 0 Å². The number of nitrogens with zero attached hydrogens (tertiary/aromatic N) is 1. The number of hydrogen-bond donors (Lipinski definition) is 0. The smallest absolute Gasteiger partial charge is 0.440 e. The Bertz CT molecular complexity index is 177. The lowest BCUT2D eigenvalue weighted by atomic mass is 10.1. The molecule has 0 aliphatic heterocycles. The quantitative estimate of drug-likeness (QED) is 0.404. The van der Waals surface area contributed by atoms with Gasteiger partial charge in [0, 0.05) is 5.75 Å². The molecule has 0 bridgehead atoms. The lowest BCUT2D eigenvalue weighted by Crippen LogP contribution is -2.10. The van der Waals surface area contributed by atoms with E-state index in [1.165, 1.54) is 56.9 Å². The SMILES string of the molecule is CCCCCCCCCCS[N]C(=O)OCC. The fourth-order valence-corrected chi connectivity index (χ4v) is 2.13. The number of carbonyl (C=O) groups excluding carboxylic acids is 1. The van der Waals surface area contributed by atoms with Crippen LogP contribution in [0.5, 0.6) is 0 Å². The Labute approximate surface area is 110 Å². The van der Waals surface area contributed by atoms with Gasteiger partial charge in [-0.3, -0.25) is 0 Å². The van der Waals surface area contributed by atoms with Crippen LogP contribution in [-0.2, 0) is 4.74 Å². The Morgan fingerprint density at radius 1 is 1.00 bits per heavy atom. The molecular formula is C13H26NO2S. The van der Waals surface area contributed by atoms with Crippen LogP contribution in [0, 0.1) is 0 Å². The summed E-state index contributed by atoms with van der Waals surface area (Å²) in [5.74, 6) is 0.924. The minimum atomic E-state index is -0.447. The highest BCUT2D eigenvalue weighted by Gasteiger charge is 2.01. The number of unbranched alkanes of at least 4 members (excludes halogenated alkanes) is 7. The van der Waals surface area contributed by atoms with E-state index in [2.05, 4.69) is 11.6 Å². The lowest BCUT2D eigenvalue weighted by Gasteiger charge is -2.02. The summed E-state index contributed by atoms with van der Waals surface area (Å²) in [6.45, 7) is 4.43. The van der Waals surface area contributed by atoms with Crippen molar-refractivity contribution in [3.8, 4) is 0 Å². The van der Waals surface area contributed by atoms with Gasteiger partial charge in [-0.2, -0.15) is 0 Å². The van der Waals surface area contributed by atoms with Gasteiger partial charge in [0.25, 0.3) is 0 Å². The molecule has 1 radical (unpaired) electrons. The van der Waals surface area contributed by atoms with Crippen molar-refractivity contribution in [1.82, 2.24) is 4.72 Å². The van der Waals surface area contributed by atoms with Crippen molar-refractivity contribution in [2.24, 2.45) is 0 Å². The van der Waals surface area contributed by atoms with Gasteiger partial charge < -0.3 is 4.74 Å². The molecule has 0 fully saturated rings. The van der Waals surface area contributed by atoms with Crippen LogP contribution in [-0.4, -0.2) is 18.5 Å². The molecule has 0 N–H and O–H groups in total. The van der Waals surface area contributed by atoms with Crippen LogP contribution in [0.2, 0.25) is 0 Å². The van der Waals surface area contributed by atoms with E-state index < -0.39 is 6.09 Å². The molecule has 17 heavy (non-hydrogen) atoms. The molecule has 0 spiro atoms. The van der Waals surface area contributed by atoms with Crippen molar-refractivity contribution in [3.05, 3.63) is 0 Å². The summed E-state index contributed by atoms with van der Waals surface area (Å²) >= 11 is 1.32. The first-order chi connectivity index (χ1) is 8.31. The fourth-order valence-electron chi connectivity index (χ4n) is 1.55. The normalized spacial score (nSPS) is 10.2. The molecule has 0 atom stereocenters. The third-order valence-electron chi connectivity index (χ3n) is 2.50. The van der Waals surface area contributed by atoms with Crippen LogP contribution >= 0.6 is 11.9 Å². The molecule has 0 aliphatic rings. The minimum Gasteiger partial charge on any atom is -0.448 e. The predicted octanol–water partition coefficient (Wildman–Crippen LogP) is 4.54. The van der Waals surface area contributed by atoms with Gasteiger partial charge in [0.15, 0.2) is 0 Å². The van der Waals surface area contributed by atoms with Gasteiger partial charge in [-0.05, 0) is 25.3 Å². The second-order valence-electron chi connectivity index (χ2n) is 4.10. The zero-order valence-corrected chi connectivity index (χ0v) is 12.1. The second-order valence-corrected chi connectivity index (χ2v) is 4.95. The van der Waals surface area contributed by atoms with Gasteiger partial charge in [-0.25, -0.2) is 4.79 Å². The zero-order valence-electron chi connectivity index (χ0n) is 11.2. The molecule has 0 aromatic heterocycles. The van der Waals surface area contributed by atoms with Crippen molar-refractivity contribution in [2.45, 2.75) is 65.2 Å². The third kappa shape index (κ3) is 13.6. The van der Waals surface area contributed by atoms with Gasteiger partial charge in [0.1, 0.15) is 0 Å². The average Bonchev–Trinajstić information content (AvgIpc) is 2.32. The Morgan fingerprint density at radius 3 is 2.18 bits per heavy atom. The Kier molecular flexibility index (Phi) is 13.4. The summed E-state index contributed by atoms with van der Waals surface area (Å²) < 4.78 is 8.43.